The predicted octanol–water partition coefficient (Wildman–Crippen LogP) is 2.01. The molecule has 0 bridgehead atoms. The highest BCUT2D eigenvalue weighted by molar-refractivity contribution is 7.09. The summed E-state index contributed by atoms with van der Waals surface area (Å²) < 4.78 is 0. The van der Waals surface area contributed by atoms with Crippen molar-refractivity contribution >= 4 is 17.2 Å². The predicted molar refractivity (Wildman–Crippen MR) is 78.2 cm³/mol. The van der Waals surface area contributed by atoms with E-state index < -0.39 is 0 Å². The maximum absolute atomic E-state index is 12.2. The Morgan fingerprint density at radius 2 is 2.16 bits per heavy atom. The average Bonchev–Trinajstić information content (AvgIpc) is 2.76. The van der Waals surface area contributed by atoms with Crippen LogP contribution in [0.15, 0.2) is 5.38 Å². The molecule has 0 spiro atoms. The first-order valence-corrected chi connectivity index (χ1v) is 7.78. The van der Waals surface area contributed by atoms with Gasteiger partial charge in [0.2, 0.25) is 5.91 Å². The number of thiazole rings is 1. The number of piperidine rings is 1. The van der Waals surface area contributed by atoms with Crippen LogP contribution in [-0.4, -0.2) is 47.9 Å². The third-order valence-electron chi connectivity index (χ3n) is 3.52. The van der Waals surface area contributed by atoms with Gasteiger partial charge < -0.3 is 9.80 Å². The number of hydrogen-bond donors (Lipinski definition) is 0. The third-order valence-corrected chi connectivity index (χ3v) is 4.40. The molecule has 2 rings (SSSR count). The standard InChI is InChI=1S/C14H23N3OS/c1-11-4-6-17(7-5-11)14(18)8-12-10-19-13(15-12)9-16(2)3/h10-11H,4-9H2,1-3H3. The summed E-state index contributed by atoms with van der Waals surface area (Å²) in [7, 11) is 4.06. The number of likely N-dealkylation sites (tertiary alicyclic amines) is 1. The Labute approximate surface area is 119 Å². The zero-order valence-electron chi connectivity index (χ0n) is 12.1. The molecule has 106 valence electrons. The normalized spacial score (nSPS) is 17.2. The van der Waals surface area contributed by atoms with Crippen LogP contribution in [0.25, 0.3) is 0 Å². The van der Waals surface area contributed by atoms with Crippen LogP contribution in [0.4, 0.5) is 0 Å². The maximum Gasteiger partial charge on any atom is 0.228 e. The monoisotopic (exact) mass is 281 g/mol. The van der Waals surface area contributed by atoms with Gasteiger partial charge in [-0.05, 0) is 32.9 Å². The van der Waals surface area contributed by atoms with Crippen LogP contribution in [0.5, 0.6) is 0 Å². The van der Waals surface area contributed by atoms with Crippen LogP contribution in [0.3, 0.4) is 0 Å². The van der Waals surface area contributed by atoms with Gasteiger partial charge in [-0.25, -0.2) is 4.98 Å². The molecule has 0 radical (unpaired) electrons. The van der Waals surface area contributed by atoms with Crippen LogP contribution >= 0.6 is 11.3 Å². The highest BCUT2D eigenvalue weighted by atomic mass is 32.1. The lowest BCUT2D eigenvalue weighted by atomic mass is 9.99. The Hall–Kier alpha value is -0.940. The molecule has 1 aromatic rings. The van der Waals surface area contributed by atoms with Gasteiger partial charge in [-0.2, -0.15) is 0 Å². The van der Waals surface area contributed by atoms with E-state index in [2.05, 4.69) is 16.8 Å². The van der Waals surface area contributed by atoms with Crippen molar-refractivity contribution in [3.8, 4) is 0 Å². The van der Waals surface area contributed by atoms with Crippen molar-refractivity contribution in [1.29, 1.82) is 0 Å². The van der Waals surface area contributed by atoms with E-state index in [0.29, 0.717) is 6.42 Å². The Morgan fingerprint density at radius 1 is 1.47 bits per heavy atom. The first-order valence-electron chi connectivity index (χ1n) is 6.90. The molecule has 0 atom stereocenters. The zero-order chi connectivity index (χ0) is 13.8. The molecule has 1 aliphatic rings. The van der Waals surface area contributed by atoms with E-state index in [1.807, 2.05) is 24.4 Å². The van der Waals surface area contributed by atoms with Gasteiger partial charge in [0, 0.05) is 25.0 Å². The van der Waals surface area contributed by atoms with Crippen LogP contribution in [0.1, 0.15) is 30.5 Å². The summed E-state index contributed by atoms with van der Waals surface area (Å²) in [5.74, 6) is 0.989. The van der Waals surface area contributed by atoms with Crippen molar-refractivity contribution in [2.24, 2.45) is 5.92 Å². The highest BCUT2D eigenvalue weighted by Gasteiger charge is 2.21. The fourth-order valence-electron chi connectivity index (χ4n) is 2.30. The van der Waals surface area contributed by atoms with Crippen LogP contribution in [-0.2, 0) is 17.8 Å². The fourth-order valence-corrected chi connectivity index (χ4v) is 3.21. The van der Waals surface area contributed by atoms with Gasteiger partial charge in [0.15, 0.2) is 0 Å². The Balaban J connectivity index is 1.86. The van der Waals surface area contributed by atoms with E-state index in [1.54, 1.807) is 11.3 Å². The summed E-state index contributed by atoms with van der Waals surface area (Å²) >= 11 is 1.64. The molecule has 0 aliphatic carbocycles. The lowest BCUT2D eigenvalue weighted by Gasteiger charge is -2.30. The second kappa shape index (κ2) is 6.48. The number of carbonyl (C=O) groups is 1. The summed E-state index contributed by atoms with van der Waals surface area (Å²) in [6.45, 7) is 4.93. The van der Waals surface area contributed by atoms with Crippen LogP contribution in [0, 0.1) is 5.92 Å². The molecule has 1 saturated heterocycles. The SMILES string of the molecule is CC1CCN(C(=O)Cc2csc(CN(C)C)n2)CC1. The molecule has 1 fully saturated rings. The Bertz CT molecular complexity index is 422. The lowest BCUT2D eigenvalue weighted by molar-refractivity contribution is -0.131. The minimum atomic E-state index is 0.230. The smallest absolute Gasteiger partial charge is 0.228 e. The van der Waals surface area contributed by atoms with E-state index in [4.69, 9.17) is 0 Å². The summed E-state index contributed by atoms with van der Waals surface area (Å²) in [6, 6.07) is 0. The third kappa shape index (κ3) is 4.28. The fraction of sp³-hybridized carbons (Fsp3) is 0.714. The van der Waals surface area contributed by atoms with Gasteiger partial charge in [0.25, 0.3) is 0 Å². The van der Waals surface area contributed by atoms with Crippen molar-refractivity contribution in [3.63, 3.8) is 0 Å². The molecule has 1 aromatic heterocycles. The van der Waals surface area contributed by atoms with E-state index in [1.165, 1.54) is 0 Å². The van der Waals surface area contributed by atoms with E-state index >= 15 is 0 Å². The molecule has 0 saturated carbocycles. The molecule has 5 heteroatoms. The lowest BCUT2D eigenvalue weighted by Crippen LogP contribution is -2.38. The molecule has 1 aliphatic heterocycles. The Morgan fingerprint density at radius 3 is 2.79 bits per heavy atom. The molecule has 19 heavy (non-hydrogen) atoms. The second-order valence-corrected chi connectivity index (χ2v) is 6.65. The van der Waals surface area contributed by atoms with Crippen LogP contribution < -0.4 is 0 Å². The minimum absolute atomic E-state index is 0.230. The number of rotatable bonds is 4. The summed E-state index contributed by atoms with van der Waals surface area (Å²) in [5, 5.41) is 3.10. The molecule has 4 nitrogen and oxygen atoms in total. The van der Waals surface area contributed by atoms with E-state index in [-0.39, 0.29) is 5.91 Å². The van der Waals surface area contributed by atoms with Crippen molar-refractivity contribution < 1.29 is 4.79 Å². The van der Waals surface area contributed by atoms with Gasteiger partial charge >= 0.3 is 0 Å². The average molecular weight is 281 g/mol. The quantitative estimate of drug-likeness (QED) is 0.847. The van der Waals surface area contributed by atoms with E-state index in [9.17, 15) is 4.79 Å². The number of carbonyl (C=O) groups excluding carboxylic acids is 1. The maximum atomic E-state index is 12.2. The van der Waals surface area contributed by atoms with E-state index in [0.717, 1.165) is 49.1 Å². The van der Waals surface area contributed by atoms with Crippen molar-refractivity contribution in [1.82, 2.24) is 14.8 Å². The van der Waals surface area contributed by atoms with Gasteiger partial charge in [-0.3, -0.25) is 4.79 Å². The first-order chi connectivity index (χ1) is 9.04. The summed E-state index contributed by atoms with van der Waals surface area (Å²) in [4.78, 5) is 20.8. The van der Waals surface area contributed by atoms with Crippen LogP contribution in [0.2, 0.25) is 0 Å². The Kier molecular flexibility index (Phi) is 4.93. The highest BCUT2D eigenvalue weighted by Crippen LogP contribution is 2.18. The number of nitrogens with zero attached hydrogens (tertiary/aromatic N) is 3. The molecule has 0 unspecified atom stereocenters. The van der Waals surface area contributed by atoms with Gasteiger partial charge in [0.05, 0.1) is 12.1 Å². The second-order valence-electron chi connectivity index (χ2n) is 5.71. The van der Waals surface area contributed by atoms with Gasteiger partial charge in [-0.15, -0.1) is 11.3 Å². The zero-order valence-corrected chi connectivity index (χ0v) is 12.9. The van der Waals surface area contributed by atoms with Crippen molar-refractivity contribution in [3.05, 3.63) is 16.1 Å². The van der Waals surface area contributed by atoms with Gasteiger partial charge in [0.1, 0.15) is 5.01 Å². The molecule has 0 aromatic carbocycles. The topological polar surface area (TPSA) is 36.4 Å². The number of aromatic nitrogens is 1. The first kappa shape index (κ1) is 14.5. The largest absolute Gasteiger partial charge is 0.342 e. The molecule has 0 N–H and O–H groups in total. The van der Waals surface area contributed by atoms with Gasteiger partial charge in [-0.1, -0.05) is 6.92 Å². The summed E-state index contributed by atoms with van der Waals surface area (Å²) in [5.41, 5.74) is 0.922. The summed E-state index contributed by atoms with van der Waals surface area (Å²) in [6.07, 6.45) is 2.72. The van der Waals surface area contributed by atoms with Crippen molar-refractivity contribution in [2.75, 3.05) is 27.2 Å². The number of amides is 1. The molecular formula is C14H23N3OS. The van der Waals surface area contributed by atoms with Crippen molar-refractivity contribution in [2.45, 2.75) is 32.7 Å². The molecule has 2 heterocycles. The number of hydrogen-bond acceptors (Lipinski definition) is 4. The molecular weight excluding hydrogens is 258 g/mol. The molecule has 1 amide bonds. The minimum Gasteiger partial charge on any atom is -0.342 e.